The number of rotatable bonds is 45. The molecule has 0 aromatic heterocycles. The molecule has 0 heterocycles. The first kappa shape index (κ1) is 54.9. The number of esters is 3. The second kappa shape index (κ2) is 46.6. The number of hydrogen-bond donors (Lipinski definition) is 0. The lowest BCUT2D eigenvalue weighted by Crippen LogP contribution is -2.30. The summed E-state index contributed by atoms with van der Waals surface area (Å²) < 4.78 is 16.7. The Bertz CT molecular complexity index is 927. The zero-order chi connectivity index (χ0) is 41.5. The molecule has 6 heteroatoms. The summed E-state index contributed by atoms with van der Waals surface area (Å²) in [4.78, 5) is 37.8. The highest BCUT2D eigenvalue weighted by Gasteiger charge is 2.19. The number of carbonyl (C=O) groups excluding carboxylic acids is 3. The smallest absolute Gasteiger partial charge is 0.306 e. The van der Waals surface area contributed by atoms with E-state index in [0.29, 0.717) is 19.3 Å². The first-order valence-electron chi connectivity index (χ1n) is 24.8. The van der Waals surface area contributed by atoms with E-state index < -0.39 is 6.10 Å². The topological polar surface area (TPSA) is 78.9 Å². The highest BCUT2D eigenvalue weighted by Crippen LogP contribution is 2.15. The van der Waals surface area contributed by atoms with Gasteiger partial charge < -0.3 is 14.2 Å². The molecule has 0 aromatic carbocycles. The predicted octanol–water partition coefficient (Wildman–Crippen LogP) is 16.0. The van der Waals surface area contributed by atoms with Crippen LogP contribution in [0.2, 0.25) is 0 Å². The average molecular weight is 803 g/mol. The monoisotopic (exact) mass is 803 g/mol. The number of unbranched alkanes of at least 4 members (excludes halogenated alkanes) is 30. The lowest BCUT2D eigenvalue weighted by molar-refractivity contribution is -0.167. The summed E-state index contributed by atoms with van der Waals surface area (Å²) in [6.07, 6.45) is 51.6. The van der Waals surface area contributed by atoms with Crippen molar-refractivity contribution in [1.29, 1.82) is 0 Å². The predicted molar refractivity (Wildman–Crippen MR) is 243 cm³/mol. The molecule has 6 nitrogen and oxygen atoms in total. The molecule has 0 aliphatic carbocycles. The average Bonchev–Trinajstić information content (AvgIpc) is 3.21. The molecule has 0 rings (SSSR count). The standard InChI is InChI=1S/C51H94O6/c1-4-7-10-13-16-19-22-23-24-25-26-27-28-30-32-35-38-41-44-50(53)56-47-48(46-55-49(52)43-40-37-34-31-21-18-15-12-9-6-3)57-51(54)45-42-39-36-33-29-20-17-14-11-8-5-2/h14,17,26-27,48H,4-13,15-16,18-25,28-47H2,1-3H3/b17-14-,27-26-. The van der Waals surface area contributed by atoms with Crippen molar-refractivity contribution in [2.75, 3.05) is 13.2 Å². The van der Waals surface area contributed by atoms with E-state index in [9.17, 15) is 14.4 Å². The first-order valence-corrected chi connectivity index (χ1v) is 24.8. The van der Waals surface area contributed by atoms with Crippen LogP contribution in [0.15, 0.2) is 24.3 Å². The molecule has 0 bridgehead atoms. The molecule has 0 saturated carbocycles. The molecule has 57 heavy (non-hydrogen) atoms. The second-order valence-electron chi connectivity index (χ2n) is 16.7. The highest BCUT2D eigenvalue weighted by molar-refractivity contribution is 5.71. The van der Waals surface area contributed by atoms with Gasteiger partial charge in [-0.1, -0.05) is 206 Å². The SMILES string of the molecule is CCCC/C=C\CCCCCCCC(=O)OC(COC(=O)CCCCCCC/C=C\CCCCCCCCCCC)COC(=O)CCCCCCCCCCCC. The molecule has 0 fully saturated rings. The van der Waals surface area contributed by atoms with Crippen LogP contribution < -0.4 is 0 Å². The third-order valence-electron chi connectivity index (χ3n) is 10.9. The third-order valence-corrected chi connectivity index (χ3v) is 10.9. The summed E-state index contributed by atoms with van der Waals surface area (Å²) in [5.74, 6) is -0.886. The van der Waals surface area contributed by atoms with Gasteiger partial charge in [-0.05, 0) is 64.2 Å². The number of allylic oxidation sites excluding steroid dienone is 4. The Balaban J connectivity index is 4.29. The van der Waals surface area contributed by atoms with Crippen LogP contribution in [-0.2, 0) is 28.6 Å². The van der Waals surface area contributed by atoms with Crippen LogP contribution in [0.25, 0.3) is 0 Å². The quantitative estimate of drug-likeness (QED) is 0.0264. The molecule has 334 valence electrons. The van der Waals surface area contributed by atoms with Crippen molar-refractivity contribution < 1.29 is 28.6 Å². The minimum absolute atomic E-state index is 0.0744. The molecule has 1 unspecified atom stereocenters. The van der Waals surface area contributed by atoms with Gasteiger partial charge in [0.2, 0.25) is 0 Å². The van der Waals surface area contributed by atoms with Crippen molar-refractivity contribution in [2.24, 2.45) is 0 Å². The normalized spacial score (nSPS) is 12.1. The Morgan fingerprint density at radius 2 is 0.596 bits per heavy atom. The van der Waals surface area contributed by atoms with Crippen molar-refractivity contribution in [3.8, 4) is 0 Å². The van der Waals surface area contributed by atoms with Crippen LogP contribution >= 0.6 is 0 Å². The van der Waals surface area contributed by atoms with Crippen LogP contribution in [-0.4, -0.2) is 37.2 Å². The van der Waals surface area contributed by atoms with Crippen molar-refractivity contribution in [1.82, 2.24) is 0 Å². The van der Waals surface area contributed by atoms with E-state index in [0.717, 1.165) is 77.0 Å². The van der Waals surface area contributed by atoms with Crippen LogP contribution in [0.5, 0.6) is 0 Å². The Kier molecular flexibility index (Phi) is 44.9. The molecular formula is C51H94O6. The molecule has 1 atom stereocenters. The maximum absolute atomic E-state index is 12.7. The Morgan fingerprint density at radius 3 is 0.930 bits per heavy atom. The van der Waals surface area contributed by atoms with Gasteiger partial charge in [-0.3, -0.25) is 14.4 Å². The van der Waals surface area contributed by atoms with E-state index in [1.54, 1.807) is 0 Å². The summed E-state index contributed by atoms with van der Waals surface area (Å²) in [6.45, 7) is 6.59. The highest BCUT2D eigenvalue weighted by atomic mass is 16.6. The molecule has 0 N–H and O–H groups in total. The van der Waals surface area contributed by atoms with E-state index >= 15 is 0 Å². The Labute approximate surface area is 353 Å². The molecule has 0 radical (unpaired) electrons. The van der Waals surface area contributed by atoms with Gasteiger partial charge in [0.15, 0.2) is 6.10 Å². The fourth-order valence-electron chi connectivity index (χ4n) is 7.12. The van der Waals surface area contributed by atoms with Gasteiger partial charge in [-0.2, -0.15) is 0 Å². The van der Waals surface area contributed by atoms with Gasteiger partial charge in [0.25, 0.3) is 0 Å². The van der Waals surface area contributed by atoms with Gasteiger partial charge in [0.1, 0.15) is 13.2 Å². The van der Waals surface area contributed by atoms with E-state index in [1.165, 1.54) is 148 Å². The maximum Gasteiger partial charge on any atom is 0.306 e. The fraction of sp³-hybridized carbons (Fsp3) is 0.863. The molecule has 0 saturated heterocycles. The Hall–Kier alpha value is -2.11. The molecular weight excluding hydrogens is 709 g/mol. The minimum Gasteiger partial charge on any atom is -0.462 e. The van der Waals surface area contributed by atoms with Crippen LogP contribution in [0.4, 0.5) is 0 Å². The summed E-state index contributed by atoms with van der Waals surface area (Å²) in [5.41, 5.74) is 0. The van der Waals surface area contributed by atoms with E-state index in [2.05, 4.69) is 45.1 Å². The molecule has 0 amide bonds. The van der Waals surface area contributed by atoms with E-state index in [4.69, 9.17) is 14.2 Å². The van der Waals surface area contributed by atoms with Crippen molar-refractivity contribution in [3.63, 3.8) is 0 Å². The van der Waals surface area contributed by atoms with E-state index in [1.807, 2.05) is 0 Å². The van der Waals surface area contributed by atoms with Gasteiger partial charge in [0, 0.05) is 19.3 Å². The molecule has 0 aliphatic rings. The lowest BCUT2D eigenvalue weighted by atomic mass is 10.1. The first-order chi connectivity index (χ1) is 28.0. The zero-order valence-corrected chi connectivity index (χ0v) is 38.1. The van der Waals surface area contributed by atoms with Crippen LogP contribution in [0.3, 0.4) is 0 Å². The van der Waals surface area contributed by atoms with Crippen LogP contribution in [0.1, 0.15) is 265 Å². The largest absolute Gasteiger partial charge is 0.462 e. The van der Waals surface area contributed by atoms with Crippen molar-refractivity contribution in [2.45, 2.75) is 271 Å². The number of carbonyl (C=O) groups is 3. The zero-order valence-electron chi connectivity index (χ0n) is 38.1. The van der Waals surface area contributed by atoms with Crippen molar-refractivity contribution in [3.05, 3.63) is 24.3 Å². The van der Waals surface area contributed by atoms with Gasteiger partial charge >= 0.3 is 17.9 Å². The van der Waals surface area contributed by atoms with Gasteiger partial charge in [-0.15, -0.1) is 0 Å². The fourth-order valence-corrected chi connectivity index (χ4v) is 7.12. The second-order valence-corrected chi connectivity index (χ2v) is 16.7. The van der Waals surface area contributed by atoms with Gasteiger partial charge in [0.05, 0.1) is 0 Å². The summed E-state index contributed by atoms with van der Waals surface area (Å²) >= 11 is 0. The Morgan fingerprint density at radius 1 is 0.333 bits per heavy atom. The summed E-state index contributed by atoms with van der Waals surface area (Å²) in [5, 5.41) is 0. The van der Waals surface area contributed by atoms with Crippen LogP contribution in [0, 0.1) is 0 Å². The molecule has 0 aromatic rings. The lowest BCUT2D eigenvalue weighted by Gasteiger charge is -2.18. The van der Waals surface area contributed by atoms with E-state index in [-0.39, 0.29) is 31.1 Å². The van der Waals surface area contributed by atoms with Crippen molar-refractivity contribution >= 4 is 17.9 Å². The molecule has 0 spiro atoms. The van der Waals surface area contributed by atoms with Gasteiger partial charge in [-0.25, -0.2) is 0 Å². The third kappa shape index (κ3) is 44.8. The molecule has 0 aliphatic heterocycles. The number of hydrogen-bond acceptors (Lipinski definition) is 6. The minimum atomic E-state index is -0.772. The summed E-state index contributed by atoms with van der Waals surface area (Å²) in [7, 11) is 0. The summed E-state index contributed by atoms with van der Waals surface area (Å²) in [6, 6.07) is 0. The number of ether oxygens (including phenoxy) is 3. The maximum atomic E-state index is 12.7.